The van der Waals surface area contributed by atoms with Crippen molar-refractivity contribution in [1.82, 2.24) is 0 Å². The number of ether oxygens (including phenoxy) is 1. The molecule has 1 aliphatic rings. The topological polar surface area (TPSA) is 81.8 Å². The Morgan fingerprint density at radius 2 is 1.96 bits per heavy atom. The molecule has 1 heterocycles. The van der Waals surface area contributed by atoms with Crippen LogP contribution in [0.4, 0.5) is 5.69 Å². The predicted molar refractivity (Wildman–Crippen MR) is 87.8 cm³/mol. The summed E-state index contributed by atoms with van der Waals surface area (Å²) in [7, 11) is 0. The number of rotatable bonds is 3. The molecule has 2 aromatic carbocycles. The summed E-state index contributed by atoms with van der Waals surface area (Å²) in [6.45, 7) is 0. The third-order valence-electron chi connectivity index (χ3n) is 3.08. The summed E-state index contributed by atoms with van der Waals surface area (Å²) in [6.07, 6.45) is 1.59. The number of halogens is 1. The fourth-order valence-corrected chi connectivity index (χ4v) is 2.46. The molecular formula is C16H9BrN2O4. The number of cyclic esters (lactones) is 1. The van der Waals surface area contributed by atoms with Gasteiger partial charge in [0.2, 0.25) is 5.90 Å². The summed E-state index contributed by atoms with van der Waals surface area (Å²) in [6, 6.07) is 13.1. The molecule has 2 aromatic rings. The van der Waals surface area contributed by atoms with Crippen molar-refractivity contribution >= 4 is 39.6 Å². The average Bonchev–Trinajstić information content (AvgIpc) is 2.88. The zero-order valence-corrected chi connectivity index (χ0v) is 13.2. The second kappa shape index (κ2) is 6.13. The van der Waals surface area contributed by atoms with E-state index in [-0.39, 0.29) is 17.3 Å². The zero-order valence-electron chi connectivity index (χ0n) is 11.6. The van der Waals surface area contributed by atoms with Crippen molar-refractivity contribution in [2.24, 2.45) is 4.99 Å². The summed E-state index contributed by atoms with van der Waals surface area (Å²) in [5.74, 6) is -0.536. The monoisotopic (exact) mass is 372 g/mol. The molecule has 3 rings (SSSR count). The van der Waals surface area contributed by atoms with Crippen molar-refractivity contribution in [2.45, 2.75) is 0 Å². The number of hydrogen-bond acceptors (Lipinski definition) is 5. The Kier molecular flexibility index (Phi) is 4.03. The molecule has 0 saturated carbocycles. The van der Waals surface area contributed by atoms with Crippen LogP contribution in [0.25, 0.3) is 6.08 Å². The molecule has 0 saturated heterocycles. The predicted octanol–water partition coefficient (Wildman–Crippen LogP) is 3.70. The van der Waals surface area contributed by atoms with Gasteiger partial charge in [0.05, 0.1) is 4.92 Å². The molecule has 1 aliphatic heterocycles. The molecule has 114 valence electrons. The first kappa shape index (κ1) is 15.1. The van der Waals surface area contributed by atoms with Crippen LogP contribution in [-0.2, 0) is 9.53 Å². The van der Waals surface area contributed by atoms with E-state index in [1.165, 1.54) is 18.2 Å². The van der Waals surface area contributed by atoms with Gasteiger partial charge >= 0.3 is 5.97 Å². The third kappa shape index (κ3) is 3.35. The Hall–Kier alpha value is -2.80. The molecule has 0 bridgehead atoms. The van der Waals surface area contributed by atoms with Gasteiger partial charge in [0.1, 0.15) is 0 Å². The van der Waals surface area contributed by atoms with Crippen LogP contribution < -0.4 is 0 Å². The molecule has 23 heavy (non-hydrogen) atoms. The number of carbonyl (C=O) groups is 1. The van der Waals surface area contributed by atoms with E-state index in [9.17, 15) is 14.9 Å². The van der Waals surface area contributed by atoms with Gasteiger partial charge in [-0.05, 0) is 29.8 Å². The molecule has 0 aromatic heterocycles. The van der Waals surface area contributed by atoms with E-state index >= 15 is 0 Å². The number of nitro groups is 1. The Balaban J connectivity index is 1.95. The van der Waals surface area contributed by atoms with Gasteiger partial charge in [-0.2, -0.15) is 0 Å². The van der Waals surface area contributed by atoms with E-state index in [2.05, 4.69) is 20.9 Å². The number of esters is 1. The van der Waals surface area contributed by atoms with E-state index in [1.54, 1.807) is 12.1 Å². The normalized spacial score (nSPS) is 15.4. The van der Waals surface area contributed by atoms with E-state index in [4.69, 9.17) is 4.74 Å². The highest BCUT2D eigenvalue weighted by Crippen LogP contribution is 2.22. The highest BCUT2D eigenvalue weighted by atomic mass is 79.9. The second-order valence-electron chi connectivity index (χ2n) is 4.70. The Morgan fingerprint density at radius 3 is 2.70 bits per heavy atom. The van der Waals surface area contributed by atoms with Gasteiger partial charge in [-0.3, -0.25) is 10.1 Å². The van der Waals surface area contributed by atoms with Gasteiger partial charge in [0, 0.05) is 22.2 Å². The molecular weight excluding hydrogens is 364 g/mol. The minimum absolute atomic E-state index is 0.0555. The number of hydrogen-bond donors (Lipinski definition) is 0. The standard InChI is InChI=1S/C16H9BrN2O4/c17-12-5-1-3-10(7-12)8-14-16(20)23-15(18-14)11-4-2-6-13(9-11)19(21)22/h1-9H/b14-8+. The molecule has 6 nitrogen and oxygen atoms in total. The van der Waals surface area contributed by atoms with Crippen LogP contribution in [-0.4, -0.2) is 16.8 Å². The van der Waals surface area contributed by atoms with Gasteiger partial charge in [-0.25, -0.2) is 9.79 Å². The summed E-state index contributed by atoms with van der Waals surface area (Å²) in [4.78, 5) is 26.3. The van der Waals surface area contributed by atoms with Gasteiger partial charge < -0.3 is 4.74 Å². The van der Waals surface area contributed by atoms with Crippen molar-refractivity contribution in [3.05, 3.63) is 79.9 Å². The van der Waals surface area contributed by atoms with Crippen molar-refractivity contribution < 1.29 is 14.5 Å². The van der Waals surface area contributed by atoms with E-state index in [0.29, 0.717) is 5.56 Å². The number of non-ortho nitro benzene ring substituents is 1. The van der Waals surface area contributed by atoms with Crippen molar-refractivity contribution in [2.75, 3.05) is 0 Å². The average molecular weight is 373 g/mol. The fourth-order valence-electron chi connectivity index (χ4n) is 2.04. The molecule has 0 atom stereocenters. The SMILES string of the molecule is O=C1OC(c2cccc([N+](=O)[O-])c2)=N/C1=C/c1cccc(Br)c1. The fraction of sp³-hybridized carbons (Fsp3) is 0. The highest BCUT2D eigenvalue weighted by molar-refractivity contribution is 9.10. The molecule has 0 fully saturated rings. The molecule has 0 unspecified atom stereocenters. The Bertz CT molecular complexity index is 874. The molecule has 0 aliphatic carbocycles. The first-order valence-electron chi connectivity index (χ1n) is 6.56. The van der Waals surface area contributed by atoms with Crippen molar-refractivity contribution in [1.29, 1.82) is 0 Å². The smallest absolute Gasteiger partial charge is 0.363 e. The highest BCUT2D eigenvalue weighted by Gasteiger charge is 2.25. The van der Waals surface area contributed by atoms with Gasteiger partial charge in [-0.1, -0.05) is 34.1 Å². The molecule has 0 radical (unpaired) electrons. The summed E-state index contributed by atoms with van der Waals surface area (Å²) >= 11 is 3.35. The van der Waals surface area contributed by atoms with Gasteiger partial charge in [0.15, 0.2) is 5.70 Å². The number of aliphatic imine (C=N–C) groups is 1. The lowest BCUT2D eigenvalue weighted by atomic mass is 10.2. The maximum absolute atomic E-state index is 11.9. The number of nitrogens with zero attached hydrogens (tertiary/aromatic N) is 2. The van der Waals surface area contributed by atoms with E-state index < -0.39 is 10.9 Å². The zero-order chi connectivity index (χ0) is 16.4. The van der Waals surface area contributed by atoms with Crippen LogP contribution in [0.2, 0.25) is 0 Å². The summed E-state index contributed by atoms with van der Waals surface area (Å²) < 4.78 is 5.98. The molecule has 7 heteroatoms. The van der Waals surface area contributed by atoms with Crippen LogP contribution in [0.5, 0.6) is 0 Å². The second-order valence-corrected chi connectivity index (χ2v) is 5.61. The number of nitro benzene ring substituents is 1. The molecule has 0 spiro atoms. The molecule has 0 amide bonds. The van der Waals surface area contributed by atoms with Crippen LogP contribution in [0.3, 0.4) is 0 Å². The maximum Gasteiger partial charge on any atom is 0.363 e. The van der Waals surface area contributed by atoms with Crippen molar-refractivity contribution in [3.63, 3.8) is 0 Å². The van der Waals surface area contributed by atoms with Crippen LogP contribution in [0, 0.1) is 10.1 Å². The van der Waals surface area contributed by atoms with Gasteiger partial charge in [0.25, 0.3) is 5.69 Å². The van der Waals surface area contributed by atoms with E-state index in [0.717, 1.165) is 10.0 Å². The minimum Gasteiger partial charge on any atom is -0.402 e. The Labute approximate surface area is 139 Å². The third-order valence-corrected chi connectivity index (χ3v) is 3.57. The number of carbonyl (C=O) groups excluding carboxylic acids is 1. The lowest BCUT2D eigenvalue weighted by molar-refractivity contribution is -0.384. The first-order chi connectivity index (χ1) is 11.0. The maximum atomic E-state index is 11.9. The van der Waals surface area contributed by atoms with Gasteiger partial charge in [-0.15, -0.1) is 0 Å². The molecule has 0 N–H and O–H groups in total. The van der Waals surface area contributed by atoms with Crippen LogP contribution in [0.15, 0.2) is 63.7 Å². The Morgan fingerprint density at radius 1 is 1.17 bits per heavy atom. The summed E-state index contributed by atoms with van der Waals surface area (Å²) in [5.41, 5.74) is 1.22. The number of benzene rings is 2. The van der Waals surface area contributed by atoms with Crippen LogP contribution in [0.1, 0.15) is 11.1 Å². The quantitative estimate of drug-likeness (QED) is 0.356. The lowest BCUT2D eigenvalue weighted by Gasteiger charge is -1.98. The van der Waals surface area contributed by atoms with E-state index in [1.807, 2.05) is 24.3 Å². The van der Waals surface area contributed by atoms with Crippen molar-refractivity contribution in [3.8, 4) is 0 Å². The van der Waals surface area contributed by atoms with Crippen LogP contribution >= 0.6 is 15.9 Å². The minimum atomic E-state index is -0.591. The lowest BCUT2D eigenvalue weighted by Crippen LogP contribution is -2.05. The largest absolute Gasteiger partial charge is 0.402 e. The first-order valence-corrected chi connectivity index (χ1v) is 7.35. The summed E-state index contributed by atoms with van der Waals surface area (Å²) in [5, 5.41) is 10.8.